The molecule has 6 nitrogen and oxygen atoms in total. The van der Waals surface area contributed by atoms with Crippen LogP contribution < -0.4 is 0 Å². The Bertz CT molecular complexity index is 1160. The molecule has 0 N–H and O–H groups in total. The zero-order valence-corrected chi connectivity index (χ0v) is 37.5. The molecule has 0 aromatic carbocycles. The van der Waals surface area contributed by atoms with Crippen LogP contribution in [0.4, 0.5) is 0 Å². The van der Waals surface area contributed by atoms with Crippen molar-refractivity contribution in [3.05, 3.63) is 85.1 Å². The van der Waals surface area contributed by atoms with E-state index in [9.17, 15) is 14.4 Å². The number of carbonyl (C=O) groups is 3. The number of ether oxygens (including phenoxy) is 3. The number of rotatable bonds is 41. The Labute approximate surface area is 356 Å². The Balaban J connectivity index is 4.50. The van der Waals surface area contributed by atoms with Gasteiger partial charge in [0.05, 0.1) is 0 Å². The van der Waals surface area contributed by atoms with Crippen LogP contribution in [0.2, 0.25) is 0 Å². The molecule has 0 aliphatic rings. The lowest BCUT2D eigenvalue weighted by atomic mass is 10.1. The zero-order valence-electron chi connectivity index (χ0n) is 37.5. The van der Waals surface area contributed by atoms with Crippen molar-refractivity contribution < 1.29 is 28.6 Å². The molecule has 1 atom stereocenters. The van der Waals surface area contributed by atoms with E-state index in [2.05, 4.69) is 106 Å². The van der Waals surface area contributed by atoms with Crippen molar-refractivity contribution in [3.8, 4) is 0 Å². The highest BCUT2D eigenvalue weighted by atomic mass is 16.6. The summed E-state index contributed by atoms with van der Waals surface area (Å²) in [7, 11) is 0. The van der Waals surface area contributed by atoms with Gasteiger partial charge in [0, 0.05) is 19.3 Å². The van der Waals surface area contributed by atoms with Gasteiger partial charge in [0.15, 0.2) is 6.10 Å². The average molecular weight is 807 g/mol. The van der Waals surface area contributed by atoms with E-state index in [0.29, 0.717) is 19.3 Å². The van der Waals surface area contributed by atoms with Gasteiger partial charge in [0.2, 0.25) is 0 Å². The normalized spacial score (nSPS) is 12.8. The van der Waals surface area contributed by atoms with E-state index in [1.54, 1.807) is 0 Å². The van der Waals surface area contributed by atoms with Gasteiger partial charge in [-0.25, -0.2) is 0 Å². The van der Waals surface area contributed by atoms with E-state index < -0.39 is 6.10 Å². The first-order valence-corrected chi connectivity index (χ1v) is 23.6. The quantitative estimate of drug-likeness (QED) is 0.0265. The molecule has 6 heteroatoms. The summed E-state index contributed by atoms with van der Waals surface area (Å²) in [5, 5.41) is 0. The van der Waals surface area contributed by atoms with Crippen molar-refractivity contribution in [1.82, 2.24) is 0 Å². The third kappa shape index (κ3) is 43.7. The minimum absolute atomic E-state index is 0.101. The summed E-state index contributed by atoms with van der Waals surface area (Å²) in [5.74, 6) is -0.974. The van der Waals surface area contributed by atoms with Crippen molar-refractivity contribution in [1.29, 1.82) is 0 Å². The molecule has 330 valence electrons. The van der Waals surface area contributed by atoms with Gasteiger partial charge in [-0.05, 0) is 109 Å². The second-order valence-corrected chi connectivity index (χ2v) is 15.3. The van der Waals surface area contributed by atoms with Gasteiger partial charge in [0.1, 0.15) is 13.2 Å². The van der Waals surface area contributed by atoms with Crippen molar-refractivity contribution in [2.75, 3.05) is 13.2 Å². The molecule has 0 aromatic rings. The highest BCUT2D eigenvalue weighted by Gasteiger charge is 2.19. The number of esters is 3. The molecular formula is C52H86O6. The van der Waals surface area contributed by atoms with Gasteiger partial charge in [-0.1, -0.05) is 164 Å². The standard InChI is InChI=1S/C52H86O6/c1-4-7-10-13-16-19-22-25-26-28-30-33-36-39-42-45-51(54)57-48-49(47-56-50(53)44-41-38-35-32-29-24-21-18-15-12-9-6-3)58-52(55)46-43-40-37-34-31-27-23-20-17-14-11-8-5-2/h7,10-11,14,16,18-21,23,25-26,30,33,49H,4-6,8-9,12-13,15,17,22,24,27-29,31-32,34-48H2,1-3H3/b10-7-,14-11-,19-16-,21-18-,23-20-,26-25-,33-30-. The third-order valence-electron chi connectivity index (χ3n) is 9.58. The van der Waals surface area contributed by atoms with Crippen LogP contribution in [0.5, 0.6) is 0 Å². The fourth-order valence-corrected chi connectivity index (χ4v) is 6.05. The Kier molecular flexibility index (Phi) is 43.6. The summed E-state index contributed by atoms with van der Waals surface area (Å²) >= 11 is 0. The van der Waals surface area contributed by atoms with Crippen LogP contribution in [0.25, 0.3) is 0 Å². The first-order chi connectivity index (χ1) is 28.5. The molecule has 0 fully saturated rings. The number of unbranched alkanes of at least 4 members (excludes halogenated alkanes) is 16. The molecule has 0 aromatic heterocycles. The van der Waals surface area contributed by atoms with Crippen molar-refractivity contribution in [2.24, 2.45) is 0 Å². The molecule has 0 saturated heterocycles. The Morgan fingerprint density at radius 3 is 1.17 bits per heavy atom. The second-order valence-electron chi connectivity index (χ2n) is 15.3. The highest BCUT2D eigenvalue weighted by Crippen LogP contribution is 2.12. The predicted molar refractivity (Wildman–Crippen MR) is 247 cm³/mol. The molecule has 0 radical (unpaired) electrons. The SMILES string of the molecule is CC/C=C\C/C=C\C/C=C\C/C=C\CCCCC(=O)OCC(COC(=O)CCCCCCC/C=C\CCCCC)OC(=O)CCCCCCC/C=C\C/C=C\CCC. The maximum absolute atomic E-state index is 12.7. The van der Waals surface area contributed by atoms with Gasteiger partial charge < -0.3 is 14.2 Å². The second kappa shape index (κ2) is 46.3. The van der Waals surface area contributed by atoms with E-state index in [-0.39, 0.29) is 31.1 Å². The summed E-state index contributed by atoms with van der Waals surface area (Å²) in [6, 6.07) is 0. The molecule has 1 unspecified atom stereocenters. The summed E-state index contributed by atoms with van der Waals surface area (Å²) in [4.78, 5) is 37.8. The van der Waals surface area contributed by atoms with Crippen LogP contribution in [-0.2, 0) is 28.6 Å². The van der Waals surface area contributed by atoms with Crippen molar-refractivity contribution in [2.45, 2.75) is 213 Å². The largest absolute Gasteiger partial charge is 0.462 e. The first kappa shape index (κ1) is 54.6. The smallest absolute Gasteiger partial charge is 0.306 e. The Morgan fingerprint density at radius 2 is 0.707 bits per heavy atom. The number of hydrogen-bond donors (Lipinski definition) is 0. The van der Waals surface area contributed by atoms with Crippen molar-refractivity contribution in [3.63, 3.8) is 0 Å². The van der Waals surface area contributed by atoms with E-state index >= 15 is 0 Å². The number of allylic oxidation sites excluding steroid dienone is 14. The van der Waals surface area contributed by atoms with Crippen LogP contribution in [0.1, 0.15) is 207 Å². The summed E-state index contributed by atoms with van der Waals surface area (Å²) in [6.45, 7) is 6.36. The monoisotopic (exact) mass is 807 g/mol. The van der Waals surface area contributed by atoms with Gasteiger partial charge in [-0.2, -0.15) is 0 Å². The molecule has 0 bridgehead atoms. The van der Waals surface area contributed by atoms with Crippen molar-refractivity contribution >= 4 is 17.9 Å². The summed E-state index contributed by atoms with van der Waals surface area (Å²) in [5.41, 5.74) is 0. The molecule has 0 saturated carbocycles. The third-order valence-corrected chi connectivity index (χ3v) is 9.58. The van der Waals surface area contributed by atoms with Crippen LogP contribution in [0.15, 0.2) is 85.1 Å². The fourth-order valence-electron chi connectivity index (χ4n) is 6.05. The highest BCUT2D eigenvalue weighted by molar-refractivity contribution is 5.71. The minimum Gasteiger partial charge on any atom is -0.462 e. The predicted octanol–water partition coefficient (Wildman–Crippen LogP) is 15.3. The number of carbonyl (C=O) groups excluding carboxylic acids is 3. The first-order valence-electron chi connectivity index (χ1n) is 23.6. The molecule has 0 rings (SSSR count). The van der Waals surface area contributed by atoms with Crippen LogP contribution in [0.3, 0.4) is 0 Å². The maximum Gasteiger partial charge on any atom is 0.306 e. The van der Waals surface area contributed by atoms with E-state index in [1.165, 1.54) is 38.5 Å². The lowest BCUT2D eigenvalue weighted by Gasteiger charge is -2.18. The molecule has 0 aliphatic heterocycles. The number of hydrogen-bond acceptors (Lipinski definition) is 6. The summed E-state index contributed by atoms with van der Waals surface area (Å²) < 4.78 is 16.7. The minimum atomic E-state index is -0.802. The van der Waals surface area contributed by atoms with E-state index in [1.807, 2.05) is 0 Å². The van der Waals surface area contributed by atoms with Gasteiger partial charge >= 0.3 is 17.9 Å². The maximum atomic E-state index is 12.7. The lowest BCUT2D eigenvalue weighted by molar-refractivity contribution is -0.167. The molecule has 0 aliphatic carbocycles. The van der Waals surface area contributed by atoms with E-state index in [4.69, 9.17) is 14.2 Å². The van der Waals surface area contributed by atoms with Gasteiger partial charge in [-0.15, -0.1) is 0 Å². The zero-order chi connectivity index (χ0) is 42.3. The Morgan fingerprint density at radius 1 is 0.362 bits per heavy atom. The molecule has 58 heavy (non-hydrogen) atoms. The Hall–Kier alpha value is -3.41. The molecule has 0 spiro atoms. The fraction of sp³-hybridized carbons (Fsp3) is 0.673. The molecular weight excluding hydrogens is 721 g/mol. The molecule has 0 amide bonds. The van der Waals surface area contributed by atoms with Crippen LogP contribution in [0, 0.1) is 0 Å². The van der Waals surface area contributed by atoms with Crippen LogP contribution in [-0.4, -0.2) is 37.2 Å². The molecule has 0 heterocycles. The summed E-state index contributed by atoms with van der Waals surface area (Å²) in [6.07, 6.45) is 58.5. The average Bonchev–Trinajstić information content (AvgIpc) is 3.22. The van der Waals surface area contributed by atoms with Gasteiger partial charge in [0.25, 0.3) is 0 Å². The lowest BCUT2D eigenvalue weighted by Crippen LogP contribution is -2.30. The van der Waals surface area contributed by atoms with Crippen LogP contribution >= 0.6 is 0 Å². The van der Waals surface area contributed by atoms with E-state index in [0.717, 1.165) is 128 Å². The topological polar surface area (TPSA) is 78.9 Å². The van der Waals surface area contributed by atoms with Gasteiger partial charge in [-0.3, -0.25) is 14.4 Å².